The van der Waals surface area contributed by atoms with Gasteiger partial charge in [-0.2, -0.15) is 0 Å². The van der Waals surface area contributed by atoms with Crippen molar-refractivity contribution in [3.05, 3.63) is 71.8 Å². The van der Waals surface area contributed by atoms with Gasteiger partial charge in [0.05, 0.1) is 0 Å². The third-order valence-electron chi connectivity index (χ3n) is 4.18. The molecule has 0 atom stereocenters. The van der Waals surface area contributed by atoms with Gasteiger partial charge in [-0.1, -0.05) is 55.8 Å². The van der Waals surface area contributed by atoms with Crippen molar-refractivity contribution in [1.29, 1.82) is 0 Å². The molecule has 0 spiro atoms. The maximum absolute atomic E-state index is 11.7. The van der Waals surface area contributed by atoms with Crippen molar-refractivity contribution in [2.24, 2.45) is 0 Å². The number of carboxylic acid groups (broad SMARTS) is 1. The molecule has 4 nitrogen and oxygen atoms in total. The van der Waals surface area contributed by atoms with Crippen LogP contribution in [0.4, 0.5) is 0 Å². The summed E-state index contributed by atoms with van der Waals surface area (Å²) in [7, 11) is 0. The Morgan fingerprint density at radius 3 is 2.38 bits per heavy atom. The summed E-state index contributed by atoms with van der Waals surface area (Å²) < 4.78 is 11.4. The second kappa shape index (κ2) is 8.39. The molecule has 0 fully saturated rings. The Bertz CT molecular complexity index is 884. The van der Waals surface area contributed by atoms with Crippen molar-refractivity contribution in [2.75, 3.05) is 13.2 Å². The Balaban J connectivity index is 1.63. The summed E-state index contributed by atoms with van der Waals surface area (Å²) in [6.45, 7) is 2.77. The van der Waals surface area contributed by atoms with E-state index < -0.39 is 5.97 Å². The molecule has 3 aromatic rings. The number of ether oxygens (including phenoxy) is 2. The third kappa shape index (κ3) is 4.14. The molecule has 4 heteroatoms. The van der Waals surface area contributed by atoms with E-state index in [1.54, 1.807) is 12.1 Å². The molecule has 0 aliphatic heterocycles. The Labute approximate surface area is 153 Å². The summed E-state index contributed by atoms with van der Waals surface area (Å²) in [5.41, 5.74) is 1.48. The molecular weight excluding hydrogens is 328 g/mol. The molecule has 3 aromatic carbocycles. The molecule has 0 saturated carbocycles. The first kappa shape index (κ1) is 17.8. The first-order valence-corrected chi connectivity index (χ1v) is 8.78. The maximum atomic E-state index is 11.7. The van der Waals surface area contributed by atoms with Gasteiger partial charge in [0.2, 0.25) is 0 Å². The third-order valence-corrected chi connectivity index (χ3v) is 4.18. The van der Waals surface area contributed by atoms with Crippen LogP contribution < -0.4 is 9.47 Å². The van der Waals surface area contributed by atoms with Gasteiger partial charge >= 0.3 is 5.97 Å². The van der Waals surface area contributed by atoms with Crippen molar-refractivity contribution in [2.45, 2.75) is 19.8 Å². The number of carbonyl (C=O) groups is 1. The number of benzene rings is 3. The van der Waals surface area contributed by atoms with E-state index >= 15 is 0 Å². The molecule has 134 valence electrons. The van der Waals surface area contributed by atoms with Gasteiger partial charge in [0, 0.05) is 0 Å². The van der Waals surface area contributed by atoms with Crippen LogP contribution in [0.5, 0.6) is 11.5 Å². The predicted octanol–water partition coefficient (Wildman–Crippen LogP) is 4.95. The monoisotopic (exact) mass is 350 g/mol. The molecule has 3 rings (SSSR count). The molecule has 0 aromatic heterocycles. The normalized spacial score (nSPS) is 10.7. The quantitative estimate of drug-likeness (QED) is 0.584. The van der Waals surface area contributed by atoms with Crippen LogP contribution in [-0.4, -0.2) is 24.3 Å². The molecule has 0 heterocycles. The summed E-state index contributed by atoms with van der Waals surface area (Å²) in [6, 6.07) is 19.0. The number of aromatic carboxylic acids is 1. The van der Waals surface area contributed by atoms with E-state index in [0.29, 0.717) is 17.7 Å². The van der Waals surface area contributed by atoms with E-state index in [0.717, 1.165) is 24.0 Å². The number of hydrogen-bond donors (Lipinski definition) is 1. The fraction of sp³-hybridized carbons (Fsp3) is 0.227. The Kier molecular flexibility index (Phi) is 5.74. The number of carboxylic acids is 1. The van der Waals surface area contributed by atoms with Crippen LogP contribution in [0.2, 0.25) is 0 Å². The van der Waals surface area contributed by atoms with Gasteiger partial charge in [-0.15, -0.1) is 0 Å². The zero-order valence-electron chi connectivity index (χ0n) is 14.8. The number of rotatable bonds is 8. The van der Waals surface area contributed by atoms with Crippen LogP contribution in [0.3, 0.4) is 0 Å². The minimum atomic E-state index is -0.996. The Morgan fingerprint density at radius 1 is 0.923 bits per heavy atom. The highest BCUT2D eigenvalue weighted by Crippen LogP contribution is 2.28. The molecule has 26 heavy (non-hydrogen) atoms. The van der Waals surface area contributed by atoms with Gasteiger partial charge in [-0.25, -0.2) is 4.79 Å². The predicted molar refractivity (Wildman–Crippen MR) is 102 cm³/mol. The van der Waals surface area contributed by atoms with E-state index in [-0.39, 0.29) is 12.2 Å². The molecule has 0 saturated heterocycles. The van der Waals surface area contributed by atoms with Crippen LogP contribution in [0.25, 0.3) is 10.8 Å². The summed E-state index contributed by atoms with van der Waals surface area (Å²) in [5, 5.41) is 11.1. The number of aryl methyl sites for hydroxylation is 1. The maximum Gasteiger partial charge on any atom is 0.340 e. The largest absolute Gasteiger partial charge is 0.490 e. The van der Waals surface area contributed by atoms with E-state index in [9.17, 15) is 9.90 Å². The first-order chi connectivity index (χ1) is 12.7. The van der Waals surface area contributed by atoms with Crippen molar-refractivity contribution >= 4 is 16.7 Å². The lowest BCUT2D eigenvalue weighted by Crippen LogP contribution is -2.11. The van der Waals surface area contributed by atoms with Gasteiger partial charge in [-0.05, 0) is 41.0 Å². The van der Waals surface area contributed by atoms with E-state index in [2.05, 4.69) is 19.1 Å². The molecule has 0 amide bonds. The summed E-state index contributed by atoms with van der Waals surface area (Å²) >= 11 is 0. The summed E-state index contributed by atoms with van der Waals surface area (Å²) in [6.07, 6.45) is 2.18. The zero-order chi connectivity index (χ0) is 18.4. The molecule has 1 N–H and O–H groups in total. The molecule has 0 unspecified atom stereocenters. The fourth-order valence-corrected chi connectivity index (χ4v) is 2.94. The molecular formula is C22H22O4. The van der Waals surface area contributed by atoms with Crippen molar-refractivity contribution in [1.82, 2.24) is 0 Å². The van der Waals surface area contributed by atoms with Crippen LogP contribution >= 0.6 is 0 Å². The standard InChI is InChI=1S/C22H22O4/c1-2-5-16-8-11-18(12-9-16)25-14-15-26-20-13-10-17-6-3-4-7-19(17)21(20)22(23)24/h3-4,6-13H,2,5,14-15H2,1H3,(H,23,24). The van der Waals surface area contributed by atoms with Gasteiger partial charge in [0.15, 0.2) is 0 Å². The zero-order valence-corrected chi connectivity index (χ0v) is 14.8. The smallest absolute Gasteiger partial charge is 0.340 e. The van der Waals surface area contributed by atoms with Crippen LogP contribution in [0, 0.1) is 0 Å². The fourth-order valence-electron chi connectivity index (χ4n) is 2.94. The lowest BCUT2D eigenvalue weighted by Gasteiger charge is -2.12. The molecule has 0 bridgehead atoms. The summed E-state index contributed by atoms with van der Waals surface area (Å²) in [5.74, 6) is 0.146. The van der Waals surface area contributed by atoms with Crippen LogP contribution in [0.1, 0.15) is 29.3 Å². The summed E-state index contributed by atoms with van der Waals surface area (Å²) in [4.78, 5) is 11.7. The minimum Gasteiger partial charge on any atom is -0.490 e. The molecule has 0 aliphatic rings. The topological polar surface area (TPSA) is 55.8 Å². The van der Waals surface area contributed by atoms with Crippen molar-refractivity contribution in [3.63, 3.8) is 0 Å². The molecule has 0 aliphatic carbocycles. The van der Waals surface area contributed by atoms with Crippen molar-refractivity contribution in [3.8, 4) is 11.5 Å². The average Bonchev–Trinajstić information content (AvgIpc) is 2.66. The highest BCUT2D eigenvalue weighted by Gasteiger charge is 2.15. The minimum absolute atomic E-state index is 0.187. The number of fused-ring (bicyclic) bond motifs is 1. The lowest BCUT2D eigenvalue weighted by molar-refractivity contribution is 0.0693. The van der Waals surface area contributed by atoms with Crippen molar-refractivity contribution < 1.29 is 19.4 Å². The molecule has 0 radical (unpaired) electrons. The lowest BCUT2D eigenvalue weighted by atomic mass is 10.0. The van der Waals surface area contributed by atoms with Crippen LogP contribution in [0.15, 0.2) is 60.7 Å². The highest BCUT2D eigenvalue weighted by atomic mass is 16.5. The Hall–Kier alpha value is -3.01. The Morgan fingerprint density at radius 2 is 1.65 bits per heavy atom. The van der Waals surface area contributed by atoms with Gasteiger partial charge in [0.1, 0.15) is 30.3 Å². The first-order valence-electron chi connectivity index (χ1n) is 8.78. The highest BCUT2D eigenvalue weighted by molar-refractivity contribution is 6.06. The van der Waals surface area contributed by atoms with Crippen LogP contribution in [-0.2, 0) is 6.42 Å². The second-order valence-electron chi connectivity index (χ2n) is 6.06. The second-order valence-corrected chi connectivity index (χ2v) is 6.06. The average molecular weight is 350 g/mol. The SMILES string of the molecule is CCCc1ccc(OCCOc2ccc3ccccc3c2C(=O)O)cc1. The van der Waals surface area contributed by atoms with Gasteiger partial charge in [-0.3, -0.25) is 0 Å². The van der Waals surface area contributed by atoms with Gasteiger partial charge in [0.25, 0.3) is 0 Å². The van der Waals surface area contributed by atoms with E-state index in [4.69, 9.17) is 9.47 Å². The van der Waals surface area contributed by atoms with Gasteiger partial charge < -0.3 is 14.6 Å². The van der Waals surface area contributed by atoms with E-state index in [1.807, 2.05) is 36.4 Å². The van der Waals surface area contributed by atoms with E-state index in [1.165, 1.54) is 5.56 Å². The number of hydrogen-bond acceptors (Lipinski definition) is 3.